The van der Waals surface area contributed by atoms with Crippen LogP contribution < -0.4 is 0 Å². The number of hydrogen-bond acceptors (Lipinski definition) is 5. The molecule has 2 heterocycles. The molecule has 0 amide bonds. The van der Waals surface area contributed by atoms with Crippen LogP contribution in [-0.4, -0.2) is 28.9 Å². The van der Waals surface area contributed by atoms with Crippen LogP contribution in [0.3, 0.4) is 0 Å². The van der Waals surface area contributed by atoms with Gasteiger partial charge < -0.3 is 9.57 Å². The minimum Gasteiger partial charge on any atom is -0.471 e. The van der Waals surface area contributed by atoms with Crippen LogP contribution in [0.4, 0.5) is 0 Å². The van der Waals surface area contributed by atoms with Crippen LogP contribution >= 0.6 is 35.2 Å². The van der Waals surface area contributed by atoms with Crippen LogP contribution in [0.25, 0.3) is 0 Å². The number of nitrogens with zero attached hydrogens (tertiary/aromatic N) is 3. The molecule has 0 radical (unpaired) electrons. The molecule has 0 N–H and O–H groups in total. The van der Waals surface area contributed by atoms with Gasteiger partial charge in [0.25, 0.3) is 5.90 Å². The summed E-state index contributed by atoms with van der Waals surface area (Å²) in [6.45, 7) is 0.999. The molecular weight excluding hydrogens is 317 g/mol. The number of ether oxygens (including phenoxy) is 1. The third-order valence-electron chi connectivity index (χ3n) is 1.75. The van der Waals surface area contributed by atoms with Gasteiger partial charge in [0.05, 0.1) is 0 Å². The van der Waals surface area contributed by atoms with Crippen LogP contribution in [0, 0.1) is 3.70 Å². The molecule has 0 fully saturated rings. The van der Waals surface area contributed by atoms with Gasteiger partial charge in [-0.25, -0.2) is 0 Å². The highest BCUT2D eigenvalue weighted by atomic mass is 127. The van der Waals surface area contributed by atoms with Crippen molar-refractivity contribution < 1.29 is 9.57 Å². The monoisotopic (exact) mass is 325 g/mol. The van der Waals surface area contributed by atoms with Crippen molar-refractivity contribution in [1.82, 2.24) is 9.78 Å². The first-order valence-corrected chi connectivity index (χ1v) is 5.47. The van der Waals surface area contributed by atoms with Gasteiger partial charge in [-0.05, 0) is 27.7 Å². The maximum absolute atomic E-state index is 5.36. The largest absolute Gasteiger partial charge is 0.471 e. The average molecular weight is 325 g/mol. The van der Waals surface area contributed by atoms with Gasteiger partial charge in [-0.2, -0.15) is 5.10 Å². The van der Waals surface area contributed by atoms with Crippen LogP contribution in [0.5, 0.6) is 0 Å². The predicted octanol–water partition coefficient (Wildman–Crippen LogP) is 1.02. The zero-order valence-corrected chi connectivity index (χ0v) is 10.4. The van der Waals surface area contributed by atoms with E-state index >= 15 is 0 Å². The van der Waals surface area contributed by atoms with E-state index in [0.717, 1.165) is 14.3 Å². The summed E-state index contributed by atoms with van der Waals surface area (Å²) >= 11 is 6.43. The zero-order valence-electron chi connectivity index (χ0n) is 7.40. The van der Waals surface area contributed by atoms with Gasteiger partial charge in [0.1, 0.15) is 20.9 Å². The molecule has 7 heteroatoms. The van der Waals surface area contributed by atoms with Gasteiger partial charge in [0.2, 0.25) is 0 Å². The highest BCUT2D eigenvalue weighted by Gasteiger charge is 2.21. The molecule has 2 rings (SSSR count). The fraction of sp³-hybridized carbons (Fsp3) is 0.429. The Bertz CT molecular complexity index is 391. The molecule has 0 atom stereocenters. The number of hydrogen-bond donors (Lipinski definition) is 1. The van der Waals surface area contributed by atoms with Crippen molar-refractivity contribution in [2.75, 3.05) is 13.2 Å². The second-order valence-electron chi connectivity index (χ2n) is 2.69. The first-order chi connectivity index (χ1) is 6.70. The van der Waals surface area contributed by atoms with Crippen molar-refractivity contribution in [2.24, 2.45) is 12.2 Å². The summed E-state index contributed by atoms with van der Waals surface area (Å²) in [5, 5.41) is 8.74. The van der Waals surface area contributed by atoms with Crippen molar-refractivity contribution in [3.05, 3.63) is 9.26 Å². The number of aryl methyl sites for hydroxylation is 1. The molecule has 1 aliphatic heterocycles. The smallest absolute Gasteiger partial charge is 0.263 e. The Morgan fingerprint density at radius 3 is 2.79 bits per heavy atom. The molecule has 0 saturated carbocycles. The quantitative estimate of drug-likeness (QED) is 0.620. The minimum absolute atomic E-state index is 0.457. The van der Waals surface area contributed by atoms with Crippen LogP contribution in [0.1, 0.15) is 5.56 Å². The van der Waals surface area contributed by atoms with Crippen molar-refractivity contribution >= 4 is 41.1 Å². The topological polar surface area (TPSA) is 48.6 Å². The van der Waals surface area contributed by atoms with Crippen molar-refractivity contribution in [3.63, 3.8) is 0 Å². The molecule has 0 bridgehead atoms. The maximum atomic E-state index is 5.36. The molecule has 1 aromatic rings. The molecule has 0 aromatic carbocycles. The molecule has 5 nitrogen and oxygen atoms in total. The van der Waals surface area contributed by atoms with E-state index in [-0.39, 0.29) is 0 Å². The minimum atomic E-state index is 0.457. The Labute approximate surface area is 100.0 Å². The standard InChI is InChI=1S/C7H8IN3O2S/c1-11-7(14)4(5(8)9-11)6-10-13-3-2-12-6/h14H,2-3H2,1H3. The normalized spacial score (nSPS) is 15.8. The highest BCUT2D eigenvalue weighted by Crippen LogP contribution is 2.21. The van der Waals surface area contributed by atoms with Crippen LogP contribution in [-0.2, 0) is 16.6 Å². The lowest BCUT2D eigenvalue weighted by Gasteiger charge is -2.12. The van der Waals surface area contributed by atoms with E-state index in [0.29, 0.717) is 19.1 Å². The van der Waals surface area contributed by atoms with E-state index in [4.69, 9.17) is 9.57 Å². The summed E-state index contributed by atoms with van der Waals surface area (Å²) in [7, 11) is 1.82. The summed E-state index contributed by atoms with van der Waals surface area (Å²) in [4.78, 5) is 4.94. The molecular formula is C7H8IN3O2S. The molecule has 0 saturated heterocycles. The lowest BCUT2D eigenvalue weighted by molar-refractivity contribution is 0.0653. The lowest BCUT2D eigenvalue weighted by Crippen LogP contribution is -2.18. The fourth-order valence-electron chi connectivity index (χ4n) is 1.09. The Morgan fingerprint density at radius 2 is 2.29 bits per heavy atom. The number of thiol groups is 1. The molecule has 14 heavy (non-hydrogen) atoms. The third-order valence-corrected chi connectivity index (χ3v) is 3.02. The van der Waals surface area contributed by atoms with Gasteiger partial charge in [0, 0.05) is 7.05 Å². The van der Waals surface area contributed by atoms with Gasteiger partial charge in [-0.3, -0.25) is 4.68 Å². The van der Waals surface area contributed by atoms with Crippen molar-refractivity contribution in [1.29, 1.82) is 0 Å². The lowest BCUT2D eigenvalue weighted by atomic mass is 10.3. The van der Waals surface area contributed by atoms with Gasteiger partial charge >= 0.3 is 0 Å². The van der Waals surface area contributed by atoms with E-state index in [2.05, 4.69) is 45.5 Å². The third kappa shape index (κ3) is 1.70. The summed E-state index contributed by atoms with van der Waals surface area (Å²) in [5.74, 6) is 0.457. The SMILES string of the molecule is Cn1nc(I)c(C2=NOCCO2)c1S. The van der Waals surface area contributed by atoms with E-state index in [9.17, 15) is 0 Å². The fourth-order valence-corrected chi connectivity index (χ4v) is 2.36. The average Bonchev–Trinajstić information content (AvgIpc) is 2.43. The predicted molar refractivity (Wildman–Crippen MR) is 61.6 cm³/mol. The number of rotatable bonds is 1. The summed E-state index contributed by atoms with van der Waals surface area (Å²) in [6, 6.07) is 0. The number of aromatic nitrogens is 2. The van der Waals surface area contributed by atoms with Crippen molar-refractivity contribution in [2.45, 2.75) is 5.03 Å². The van der Waals surface area contributed by atoms with Crippen molar-refractivity contribution in [3.8, 4) is 0 Å². The van der Waals surface area contributed by atoms with Gasteiger partial charge in [-0.1, -0.05) is 0 Å². The van der Waals surface area contributed by atoms with E-state index in [1.807, 2.05) is 7.05 Å². The first kappa shape index (κ1) is 10.1. The molecule has 0 unspecified atom stereocenters. The molecule has 0 aliphatic carbocycles. The molecule has 76 valence electrons. The Hall–Kier alpha value is -0.440. The maximum Gasteiger partial charge on any atom is 0.263 e. The van der Waals surface area contributed by atoms with Crippen LogP contribution in [0.2, 0.25) is 0 Å². The molecule has 1 aliphatic rings. The second-order valence-corrected chi connectivity index (χ2v) is 4.14. The van der Waals surface area contributed by atoms with E-state index in [1.165, 1.54) is 0 Å². The van der Waals surface area contributed by atoms with E-state index in [1.54, 1.807) is 4.68 Å². The number of halogens is 1. The molecule has 1 aromatic heterocycles. The van der Waals surface area contributed by atoms with Gasteiger partial charge in [-0.15, -0.1) is 12.6 Å². The highest BCUT2D eigenvalue weighted by molar-refractivity contribution is 14.1. The van der Waals surface area contributed by atoms with E-state index < -0.39 is 0 Å². The number of oxime groups is 1. The second kappa shape index (κ2) is 3.97. The summed E-state index contributed by atoms with van der Waals surface area (Å²) < 4.78 is 7.83. The first-order valence-electron chi connectivity index (χ1n) is 3.94. The Kier molecular flexibility index (Phi) is 2.86. The summed E-state index contributed by atoms with van der Waals surface area (Å²) in [5.41, 5.74) is 0.788. The Morgan fingerprint density at radius 1 is 1.50 bits per heavy atom. The summed E-state index contributed by atoms with van der Waals surface area (Å²) in [6.07, 6.45) is 0. The molecule has 0 spiro atoms. The van der Waals surface area contributed by atoms with Gasteiger partial charge in [0.15, 0.2) is 6.61 Å². The Balaban J connectivity index is 2.44. The zero-order chi connectivity index (χ0) is 10.1. The van der Waals surface area contributed by atoms with Crippen LogP contribution in [0.15, 0.2) is 10.2 Å².